The number of carboxylic acid groups (broad SMARTS) is 1. The Labute approximate surface area is 255 Å². The van der Waals surface area contributed by atoms with Crippen molar-refractivity contribution in [2.45, 2.75) is 56.0 Å². The number of carbonyl (C=O) groups excluding carboxylic acids is 1. The minimum atomic E-state index is -3.91. The number of halogens is 2. The lowest BCUT2D eigenvalue weighted by atomic mass is 9.67. The van der Waals surface area contributed by atoms with Gasteiger partial charge in [-0.1, -0.05) is 60.5 Å². The minimum absolute atomic E-state index is 0.00881. The third-order valence-electron chi connectivity index (χ3n) is 7.73. The summed E-state index contributed by atoms with van der Waals surface area (Å²) in [5, 5.41) is 20.0. The molecule has 42 heavy (non-hydrogen) atoms. The van der Waals surface area contributed by atoms with E-state index in [1.807, 2.05) is 43.3 Å². The van der Waals surface area contributed by atoms with Crippen molar-refractivity contribution < 1.29 is 23.1 Å². The fraction of sp³-hybridized carbons (Fsp3) is 0.323. The quantitative estimate of drug-likeness (QED) is 0.277. The van der Waals surface area contributed by atoms with Gasteiger partial charge in [0.1, 0.15) is 0 Å². The topological polar surface area (TPSA) is 128 Å². The molecule has 3 aromatic rings. The normalized spacial score (nSPS) is 21.5. The first kappa shape index (κ1) is 31.5. The molecule has 2 N–H and O–H groups in total. The maximum absolute atomic E-state index is 14.2. The third-order valence-corrected chi connectivity index (χ3v) is 9.68. The number of aliphatic carboxylic acids is 1. The van der Waals surface area contributed by atoms with Crippen molar-refractivity contribution in [2.75, 3.05) is 6.54 Å². The van der Waals surface area contributed by atoms with E-state index >= 15 is 0 Å². The molecule has 0 saturated carbocycles. The van der Waals surface area contributed by atoms with Crippen LogP contribution in [0.25, 0.3) is 0 Å². The summed E-state index contributed by atoms with van der Waals surface area (Å²) in [6.07, 6.45) is 0.163. The van der Waals surface area contributed by atoms with Crippen molar-refractivity contribution in [1.82, 2.24) is 9.62 Å². The van der Waals surface area contributed by atoms with Crippen LogP contribution in [0.1, 0.15) is 61.8 Å². The molecule has 1 fully saturated rings. The van der Waals surface area contributed by atoms with E-state index in [-0.39, 0.29) is 48.1 Å². The van der Waals surface area contributed by atoms with Gasteiger partial charge in [0, 0.05) is 28.5 Å². The van der Waals surface area contributed by atoms with Crippen LogP contribution in [-0.2, 0) is 19.6 Å². The van der Waals surface area contributed by atoms with Gasteiger partial charge in [0.2, 0.25) is 15.9 Å². The lowest BCUT2D eigenvalue weighted by Gasteiger charge is -2.51. The average Bonchev–Trinajstić information content (AvgIpc) is 2.94. The zero-order valence-corrected chi connectivity index (χ0v) is 25.5. The molecule has 4 atom stereocenters. The largest absolute Gasteiger partial charge is 0.481 e. The van der Waals surface area contributed by atoms with Gasteiger partial charge in [-0.15, -0.1) is 0 Å². The van der Waals surface area contributed by atoms with E-state index < -0.39 is 33.5 Å². The number of amides is 1. The van der Waals surface area contributed by atoms with Gasteiger partial charge in [0.15, 0.2) is 0 Å². The highest BCUT2D eigenvalue weighted by Crippen LogP contribution is 2.52. The number of hydrogen-bond donors (Lipinski definition) is 2. The van der Waals surface area contributed by atoms with Gasteiger partial charge in [-0.25, -0.2) is 13.1 Å². The number of benzene rings is 3. The van der Waals surface area contributed by atoms with Gasteiger partial charge >= 0.3 is 5.97 Å². The number of nitrogens with zero attached hydrogens (tertiary/aromatic N) is 2. The molecule has 1 amide bonds. The lowest BCUT2D eigenvalue weighted by Crippen LogP contribution is -2.55. The average molecular weight is 629 g/mol. The molecule has 0 spiro atoms. The van der Waals surface area contributed by atoms with Crippen molar-refractivity contribution in [2.24, 2.45) is 5.41 Å². The summed E-state index contributed by atoms with van der Waals surface area (Å²) in [6, 6.07) is 21.2. The predicted molar refractivity (Wildman–Crippen MR) is 161 cm³/mol. The number of hydrogen-bond acceptors (Lipinski definition) is 5. The molecular weight excluding hydrogens is 597 g/mol. The second-order valence-electron chi connectivity index (χ2n) is 10.9. The first-order valence-electron chi connectivity index (χ1n) is 13.4. The summed E-state index contributed by atoms with van der Waals surface area (Å²) >= 11 is 12.6. The Morgan fingerprint density at radius 1 is 1.10 bits per heavy atom. The molecule has 4 rings (SSSR count). The molecule has 4 unspecified atom stereocenters. The molecule has 0 aromatic heterocycles. The van der Waals surface area contributed by atoms with Gasteiger partial charge in [0.05, 0.1) is 34.4 Å². The Morgan fingerprint density at radius 2 is 1.79 bits per heavy atom. The van der Waals surface area contributed by atoms with E-state index in [0.717, 1.165) is 11.1 Å². The number of carboxylic acids is 1. The summed E-state index contributed by atoms with van der Waals surface area (Å²) in [4.78, 5) is 27.8. The molecule has 11 heteroatoms. The lowest BCUT2D eigenvalue weighted by molar-refractivity contribution is -0.160. The number of rotatable bonds is 10. The molecule has 1 aliphatic heterocycles. The zero-order valence-electron chi connectivity index (χ0n) is 23.1. The second-order valence-corrected chi connectivity index (χ2v) is 13.5. The fourth-order valence-electron chi connectivity index (χ4n) is 5.72. The van der Waals surface area contributed by atoms with Crippen molar-refractivity contribution in [3.8, 4) is 6.07 Å². The number of likely N-dealkylation sites (tertiary alicyclic amines) is 1. The number of piperidine rings is 1. The third kappa shape index (κ3) is 6.96. The van der Waals surface area contributed by atoms with Gasteiger partial charge < -0.3 is 10.0 Å². The molecule has 0 aliphatic carbocycles. The summed E-state index contributed by atoms with van der Waals surface area (Å²) in [7, 11) is -3.91. The van der Waals surface area contributed by atoms with Gasteiger partial charge in [0.25, 0.3) is 0 Å². The number of sulfonamides is 1. The van der Waals surface area contributed by atoms with Crippen LogP contribution in [0.4, 0.5) is 0 Å². The second kappa shape index (κ2) is 12.8. The monoisotopic (exact) mass is 627 g/mol. The molecule has 1 saturated heterocycles. The van der Waals surface area contributed by atoms with Gasteiger partial charge in [-0.3, -0.25) is 9.59 Å². The zero-order chi connectivity index (χ0) is 30.7. The summed E-state index contributed by atoms with van der Waals surface area (Å²) in [5.74, 6) is -1.71. The van der Waals surface area contributed by atoms with Crippen LogP contribution >= 0.6 is 23.2 Å². The standard InChI is InChI=1S/C31H31Cl2N3O5S/c1-20(13-14-35-42(40,41)26-8-3-5-21(15-26)19-34)36-29(22-9-11-24(32)12-10-22)27(23-6-4-7-25(33)16-23)17-31(2,30(36)39)18-28(37)38/h3-12,15-16,20,27,29,35H,13-14,17-18H2,1-2H3,(H,37,38). The Bertz CT molecular complexity index is 1620. The molecule has 0 bridgehead atoms. The highest BCUT2D eigenvalue weighted by molar-refractivity contribution is 7.89. The Hall–Kier alpha value is -3.42. The van der Waals surface area contributed by atoms with Crippen LogP contribution in [0.2, 0.25) is 10.0 Å². The van der Waals surface area contributed by atoms with E-state index in [1.165, 1.54) is 24.3 Å². The molecule has 220 valence electrons. The number of nitrogens with one attached hydrogen (secondary N) is 1. The van der Waals surface area contributed by atoms with Crippen molar-refractivity contribution >= 4 is 45.1 Å². The van der Waals surface area contributed by atoms with Crippen molar-refractivity contribution in [1.29, 1.82) is 5.26 Å². The van der Waals surface area contributed by atoms with E-state index in [2.05, 4.69) is 4.72 Å². The van der Waals surface area contributed by atoms with Crippen LogP contribution in [0.3, 0.4) is 0 Å². The summed E-state index contributed by atoms with van der Waals surface area (Å²) in [5.41, 5.74) is 0.686. The minimum Gasteiger partial charge on any atom is -0.481 e. The molecule has 1 aliphatic rings. The summed E-state index contributed by atoms with van der Waals surface area (Å²) in [6.45, 7) is 3.51. The van der Waals surface area contributed by atoms with Crippen LogP contribution in [0, 0.1) is 16.7 Å². The van der Waals surface area contributed by atoms with Crippen LogP contribution in [-0.4, -0.2) is 42.9 Å². The first-order valence-corrected chi connectivity index (χ1v) is 15.6. The number of nitriles is 1. The summed E-state index contributed by atoms with van der Waals surface area (Å²) < 4.78 is 28.5. The van der Waals surface area contributed by atoms with E-state index in [0.29, 0.717) is 10.0 Å². The van der Waals surface area contributed by atoms with Crippen LogP contribution in [0.15, 0.2) is 77.7 Å². The van der Waals surface area contributed by atoms with E-state index in [1.54, 1.807) is 30.0 Å². The van der Waals surface area contributed by atoms with Crippen molar-refractivity contribution in [3.63, 3.8) is 0 Å². The van der Waals surface area contributed by atoms with Crippen molar-refractivity contribution in [3.05, 3.63) is 99.5 Å². The molecular formula is C31H31Cl2N3O5S. The molecule has 3 aromatic carbocycles. The van der Waals surface area contributed by atoms with Gasteiger partial charge in [-0.05, 0) is 73.4 Å². The van der Waals surface area contributed by atoms with Gasteiger partial charge in [-0.2, -0.15) is 5.26 Å². The Kier molecular flexibility index (Phi) is 9.63. The maximum atomic E-state index is 14.2. The van der Waals surface area contributed by atoms with Crippen LogP contribution < -0.4 is 4.72 Å². The van der Waals surface area contributed by atoms with E-state index in [9.17, 15) is 23.1 Å². The first-order chi connectivity index (χ1) is 19.8. The molecule has 1 heterocycles. The Balaban J connectivity index is 1.71. The smallest absolute Gasteiger partial charge is 0.304 e. The fourth-order valence-corrected chi connectivity index (χ4v) is 7.14. The Morgan fingerprint density at radius 3 is 2.43 bits per heavy atom. The van der Waals surface area contributed by atoms with E-state index in [4.69, 9.17) is 28.5 Å². The highest BCUT2D eigenvalue weighted by Gasteiger charge is 2.51. The maximum Gasteiger partial charge on any atom is 0.304 e. The number of carbonyl (C=O) groups is 2. The SMILES string of the molecule is CC(CCNS(=O)(=O)c1cccc(C#N)c1)N1C(=O)C(C)(CC(=O)O)CC(c2cccc(Cl)c2)C1c1ccc(Cl)cc1. The molecule has 0 radical (unpaired) electrons. The molecule has 8 nitrogen and oxygen atoms in total. The highest BCUT2D eigenvalue weighted by atomic mass is 35.5. The van der Waals surface area contributed by atoms with Crippen LogP contribution in [0.5, 0.6) is 0 Å². The predicted octanol–water partition coefficient (Wildman–Crippen LogP) is 6.16.